The largest absolute Gasteiger partial charge is 0.501 e. The number of pyridine rings is 1. The molecule has 0 unspecified atom stereocenters. The van der Waals surface area contributed by atoms with Crippen molar-refractivity contribution in [1.82, 2.24) is 4.98 Å². The number of nitrogens with zero attached hydrogens (tertiary/aromatic N) is 1. The third-order valence-corrected chi connectivity index (χ3v) is 3.20. The first-order chi connectivity index (χ1) is 7.70. The highest BCUT2D eigenvalue weighted by Crippen LogP contribution is 2.30. The molecule has 0 aromatic carbocycles. The van der Waals surface area contributed by atoms with Gasteiger partial charge in [-0.3, -0.25) is 4.98 Å². The lowest BCUT2D eigenvalue weighted by molar-refractivity contribution is -0.0436. The molecule has 17 heavy (non-hydrogen) atoms. The molecule has 0 fully saturated rings. The number of aromatic nitrogens is 1. The van der Waals surface area contributed by atoms with Crippen molar-refractivity contribution in [2.75, 3.05) is 7.11 Å². The second-order valence-corrected chi connectivity index (χ2v) is 4.79. The first-order valence-electron chi connectivity index (χ1n) is 4.05. The van der Waals surface area contributed by atoms with E-state index in [0.717, 1.165) is 13.3 Å². The van der Waals surface area contributed by atoms with Gasteiger partial charge in [0.25, 0.3) is 9.84 Å². The molecule has 9 heteroatoms. The summed E-state index contributed by atoms with van der Waals surface area (Å²) in [5.74, 6) is -0.975. The van der Waals surface area contributed by atoms with Crippen LogP contribution in [0.5, 0.6) is 0 Å². The SMILES string of the molecule is COC(=O)c1cncc(S(=O)(=O)C(F)(F)F)c1. The Hall–Kier alpha value is -1.64. The molecule has 5 nitrogen and oxygen atoms in total. The van der Waals surface area contributed by atoms with Gasteiger partial charge in [-0.2, -0.15) is 13.2 Å². The Morgan fingerprint density at radius 1 is 1.35 bits per heavy atom. The molecule has 0 aliphatic rings. The number of halogens is 3. The number of ether oxygens (including phenoxy) is 1. The van der Waals surface area contributed by atoms with Crippen LogP contribution in [0, 0.1) is 0 Å². The molecule has 1 rings (SSSR count). The zero-order chi connectivity index (χ0) is 13.3. The van der Waals surface area contributed by atoms with E-state index in [1.54, 1.807) is 0 Å². The predicted molar refractivity (Wildman–Crippen MR) is 48.8 cm³/mol. The van der Waals surface area contributed by atoms with E-state index >= 15 is 0 Å². The van der Waals surface area contributed by atoms with Crippen molar-refractivity contribution in [1.29, 1.82) is 0 Å². The van der Waals surface area contributed by atoms with Crippen LogP contribution >= 0.6 is 0 Å². The second-order valence-electron chi connectivity index (χ2n) is 2.85. The van der Waals surface area contributed by atoms with E-state index in [1.807, 2.05) is 0 Å². The molecule has 0 saturated heterocycles. The highest BCUT2D eigenvalue weighted by atomic mass is 32.2. The molecule has 0 aliphatic carbocycles. The Morgan fingerprint density at radius 3 is 2.41 bits per heavy atom. The third-order valence-electron chi connectivity index (χ3n) is 1.75. The van der Waals surface area contributed by atoms with Gasteiger partial charge in [-0.25, -0.2) is 13.2 Å². The van der Waals surface area contributed by atoms with Crippen LogP contribution in [0.4, 0.5) is 13.2 Å². The van der Waals surface area contributed by atoms with Gasteiger partial charge in [-0.05, 0) is 6.07 Å². The van der Waals surface area contributed by atoms with Crippen molar-refractivity contribution in [3.05, 3.63) is 24.0 Å². The van der Waals surface area contributed by atoms with Crippen molar-refractivity contribution in [2.45, 2.75) is 10.4 Å². The highest BCUT2D eigenvalue weighted by molar-refractivity contribution is 7.92. The fourth-order valence-electron chi connectivity index (χ4n) is 0.929. The van der Waals surface area contributed by atoms with Crippen molar-refractivity contribution in [3.8, 4) is 0 Å². The van der Waals surface area contributed by atoms with Gasteiger partial charge in [-0.15, -0.1) is 0 Å². The Labute approximate surface area is 94.1 Å². The number of carbonyl (C=O) groups is 1. The molecule has 0 amide bonds. The van der Waals surface area contributed by atoms with Gasteiger partial charge in [-0.1, -0.05) is 0 Å². The van der Waals surface area contributed by atoms with Crippen molar-refractivity contribution < 1.29 is 31.1 Å². The zero-order valence-corrected chi connectivity index (χ0v) is 9.17. The first-order valence-corrected chi connectivity index (χ1v) is 5.53. The number of alkyl halides is 3. The molecule has 0 aliphatic heterocycles. The number of methoxy groups -OCH3 is 1. The van der Waals surface area contributed by atoms with Crippen LogP contribution in [0.2, 0.25) is 0 Å². The molecule has 0 bridgehead atoms. The lowest BCUT2D eigenvalue weighted by Crippen LogP contribution is -2.23. The maximum Gasteiger partial charge on any atom is 0.501 e. The molecule has 94 valence electrons. The fourth-order valence-corrected chi connectivity index (χ4v) is 1.68. The minimum absolute atomic E-state index is 0.377. The second kappa shape index (κ2) is 4.32. The minimum atomic E-state index is -5.51. The topological polar surface area (TPSA) is 73.3 Å². The quantitative estimate of drug-likeness (QED) is 0.753. The van der Waals surface area contributed by atoms with E-state index < -0.39 is 26.2 Å². The minimum Gasteiger partial charge on any atom is -0.465 e. The molecule has 0 N–H and O–H groups in total. The van der Waals surface area contributed by atoms with E-state index in [1.165, 1.54) is 0 Å². The summed E-state index contributed by atoms with van der Waals surface area (Å²) in [5, 5.41) is 0. The van der Waals surface area contributed by atoms with Crippen molar-refractivity contribution in [3.63, 3.8) is 0 Å². The molecule has 1 heterocycles. The summed E-state index contributed by atoms with van der Waals surface area (Å²) in [6.45, 7) is 0. The summed E-state index contributed by atoms with van der Waals surface area (Å²) in [7, 11) is -4.50. The number of hydrogen-bond acceptors (Lipinski definition) is 5. The number of sulfone groups is 1. The lowest BCUT2D eigenvalue weighted by Gasteiger charge is -2.08. The number of carbonyl (C=O) groups excluding carboxylic acids is 1. The van der Waals surface area contributed by atoms with Gasteiger partial charge in [0.15, 0.2) is 0 Å². The number of rotatable bonds is 2. The van der Waals surface area contributed by atoms with Crippen molar-refractivity contribution >= 4 is 15.8 Å². The van der Waals surface area contributed by atoms with Gasteiger partial charge in [0, 0.05) is 12.4 Å². The van der Waals surface area contributed by atoms with E-state index in [9.17, 15) is 26.4 Å². The van der Waals surface area contributed by atoms with E-state index in [-0.39, 0.29) is 5.56 Å². The predicted octanol–water partition coefficient (Wildman–Crippen LogP) is 1.16. The molecule has 1 aromatic heterocycles. The van der Waals surface area contributed by atoms with Crippen LogP contribution < -0.4 is 0 Å². The number of hydrogen-bond donors (Lipinski definition) is 0. The smallest absolute Gasteiger partial charge is 0.465 e. The lowest BCUT2D eigenvalue weighted by atomic mass is 10.3. The summed E-state index contributed by atoms with van der Waals surface area (Å²) in [5.41, 5.74) is -5.82. The van der Waals surface area contributed by atoms with Crippen molar-refractivity contribution in [2.24, 2.45) is 0 Å². The average Bonchev–Trinajstić information content (AvgIpc) is 2.26. The van der Waals surface area contributed by atoms with Gasteiger partial charge < -0.3 is 4.74 Å². The monoisotopic (exact) mass is 269 g/mol. The summed E-state index contributed by atoms with van der Waals surface area (Å²) >= 11 is 0. The van der Waals surface area contributed by atoms with Crippen LogP contribution in [0.3, 0.4) is 0 Å². The summed E-state index contributed by atoms with van der Waals surface area (Å²) < 4.78 is 62.8. The highest BCUT2D eigenvalue weighted by Gasteiger charge is 2.47. The standard InChI is InChI=1S/C8H6F3NO4S/c1-16-7(13)5-2-6(4-12-3-5)17(14,15)8(9,10)11/h2-4H,1H3. The molecule has 0 spiro atoms. The van der Waals surface area contributed by atoms with Gasteiger partial charge in [0.05, 0.1) is 17.6 Å². The van der Waals surface area contributed by atoms with Crippen LogP contribution in [0.1, 0.15) is 10.4 Å². The number of esters is 1. The molecular formula is C8H6F3NO4S. The maximum atomic E-state index is 12.2. The Kier molecular flexibility index (Phi) is 3.41. The zero-order valence-electron chi connectivity index (χ0n) is 8.35. The Balaban J connectivity index is 3.31. The summed E-state index contributed by atoms with van der Waals surface area (Å²) in [6.07, 6.45) is 1.41. The maximum absolute atomic E-state index is 12.2. The van der Waals surface area contributed by atoms with Crippen LogP contribution in [-0.2, 0) is 14.6 Å². The van der Waals surface area contributed by atoms with Gasteiger partial charge >= 0.3 is 11.5 Å². The first kappa shape index (κ1) is 13.4. The molecular weight excluding hydrogens is 263 g/mol. The molecule has 0 saturated carbocycles. The molecule has 1 aromatic rings. The Bertz CT molecular complexity index is 538. The molecule has 0 radical (unpaired) electrons. The van der Waals surface area contributed by atoms with E-state index in [2.05, 4.69) is 9.72 Å². The van der Waals surface area contributed by atoms with Crippen LogP contribution in [-0.4, -0.2) is 32.0 Å². The van der Waals surface area contributed by atoms with Crippen LogP contribution in [0.15, 0.2) is 23.4 Å². The fraction of sp³-hybridized carbons (Fsp3) is 0.250. The summed E-state index contributed by atoms with van der Waals surface area (Å²) in [6, 6.07) is 0.557. The third kappa shape index (κ3) is 2.54. The average molecular weight is 269 g/mol. The van der Waals surface area contributed by atoms with Gasteiger partial charge in [0.1, 0.15) is 0 Å². The van der Waals surface area contributed by atoms with Gasteiger partial charge in [0.2, 0.25) is 0 Å². The van der Waals surface area contributed by atoms with E-state index in [4.69, 9.17) is 0 Å². The van der Waals surface area contributed by atoms with Crippen LogP contribution in [0.25, 0.3) is 0 Å². The summed E-state index contributed by atoms with van der Waals surface area (Å²) in [4.78, 5) is 13.2. The van der Waals surface area contributed by atoms with E-state index in [0.29, 0.717) is 12.3 Å². The Morgan fingerprint density at radius 2 is 1.94 bits per heavy atom. The normalized spacial score (nSPS) is 12.2. The molecule has 0 atom stereocenters.